The van der Waals surface area contributed by atoms with Crippen LogP contribution in [0.15, 0.2) is 95.1 Å². The van der Waals surface area contributed by atoms with Crippen molar-refractivity contribution in [2.24, 2.45) is 21.7 Å². The quantitative estimate of drug-likeness (QED) is 0.262. The van der Waals surface area contributed by atoms with E-state index in [-0.39, 0.29) is 26.2 Å². The van der Waals surface area contributed by atoms with Gasteiger partial charge in [-0.25, -0.2) is 0 Å². The second-order valence-electron chi connectivity index (χ2n) is 16.1. The normalized spacial score (nSPS) is 15.1. The van der Waals surface area contributed by atoms with Gasteiger partial charge in [0.1, 0.15) is 11.5 Å². The minimum absolute atomic E-state index is 0. The summed E-state index contributed by atoms with van der Waals surface area (Å²) in [4.78, 5) is 0. The predicted molar refractivity (Wildman–Crippen MR) is 186 cm³/mol. The molecule has 0 atom stereocenters. The molecule has 0 unspecified atom stereocenters. The summed E-state index contributed by atoms with van der Waals surface area (Å²) in [6.45, 7) is 27.4. The minimum atomic E-state index is -4.47. The topological polar surface area (TPSA) is 40.5 Å². The van der Waals surface area contributed by atoms with Crippen molar-refractivity contribution in [2.45, 2.75) is 108 Å². The Labute approximate surface area is 309 Å². The molecule has 2 nitrogen and oxygen atoms in total. The molecule has 0 saturated carbocycles. The number of phenols is 2. The summed E-state index contributed by atoms with van der Waals surface area (Å²) in [7, 11) is 0. The van der Waals surface area contributed by atoms with Crippen LogP contribution in [0.5, 0.6) is 11.5 Å². The van der Waals surface area contributed by atoms with Gasteiger partial charge in [0, 0.05) is 26.2 Å². The number of aromatic hydroxyl groups is 2. The summed E-state index contributed by atoms with van der Waals surface area (Å²) in [5, 5.41) is 17.5. The number of para-hydroxylation sites is 2. The largest absolute Gasteiger partial charge is 0.507 e. The van der Waals surface area contributed by atoms with E-state index in [2.05, 4.69) is 107 Å². The summed E-state index contributed by atoms with van der Waals surface area (Å²) in [5.74, 6) is -1.47. The van der Waals surface area contributed by atoms with Crippen molar-refractivity contribution in [3.05, 3.63) is 106 Å². The van der Waals surface area contributed by atoms with Crippen LogP contribution in [0.2, 0.25) is 0 Å². The van der Waals surface area contributed by atoms with Crippen LogP contribution in [-0.2, 0) is 38.6 Å². The number of rotatable bonds is 0. The third-order valence-electron chi connectivity index (χ3n) is 7.82. The van der Waals surface area contributed by atoms with Crippen molar-refractivity contribution < 1.29 is 62.8 Å². The molecular formula is C40H54F6O2Zr. The molecule has 2 aliphatic carbocycles. The first-order valence-electron chi connectivity index (χ1n) is 16.0. The second kappa shape index (κ2) is 17.6. The van der Waals surface area contributed by atoms with Crippen molar-refractivity contribution in [1.82, 2.24) is 0 Å². The van der Waals surface area contributed by atoms with Gasteiger partial charge >= 0.3 is 12.4 Å². The van der Waals surface area contributed by atoms with E-state index in [1.165, 1.54) is 35.4 Å². The Bertz CT molecular complexity index is 1370. The smallest absolute Gasteiger partial charge is 0.419 e. The van der Waals surface area contributed by atoms with E-state index in [9.17, 15) is 26.3 Å². The van der Waals surface area contributed by atoms with Gasteiger partial charge in [-0.1, -0.05) is 143 Å². The molecule has 0 bridgehead atoms. The zero-order valence-electron chi connectivity index (χ0n) is 31.0. The van der Waals surface area contributed by atoms with Crippen LogP contribution in [0.4, 0.5) is 26.3 Å². The number of benzene rings is 2. The van der Waals surface area contributed by atoms with E-state index < -0.39 is 35.0 Å². The molecule has 2 aliphatic rings. The Balaban J connectivity index is 0.000000625. The molecule has 0 aliphatic heterocycles. The number of hydrogen-bond acceptors (Lipinski definition) is 2. The van der Waals surface area contributed by atoms with Gasteiger partial charge in [0.2, 0.25) is 0 Å². The van der Waals surface area contributed by atoms with Gasteiger partial charge in [0.15, 0.2) is 0 Å². The maximum absolute atomic E-state index is 11.9. The Morgan fingerprint density at radius 1 is 0.449 bits per heavy atom. The average Bonchev–Trinajstić information content (AvgIpc) is 3.60. The molecule has 2 N–H and O–H groups in total. The Kier molecular flexibility index (Phi) is 16.7. The standard InChI is InChI=1S/2C13H22.2C7H5F3O.Zr/c2*1-12(2,3)10-7-8-11(9-10)13(4,5)6;2*8-7(9,10)5-3-1-2-4-6(5)11;/h2*7,9H,8H2,1-6H3;2*1-4,11H;. The van der Waals surface area contributed by atoms with Crippen LogP contribution in [-0.4, -0.2) is 10.2 Å². The molecule has 0 radical (unpaired) electrons. The fourth-order valence-corrected chi connectivity index (χ4v) is 4.57. The molecule has 0 aromatic heterocycles. The third-order valence-corrected chi connectivity index (χ3v) is 7.82. The van der Waals surface area contributed by atoms with Gasteiger partial charge in [-0.15, -0.1) is 0 Å². The summed E-state index contributed by atoms with van der Waals surface area (Å²) in [6.07, 6.45) is 2.89. The molecule has 0 amide bonds. The number of halogens is 6. The predicted octanol–water partition coefficient (Wildman–Crippen LogP) is 13.5. The van der Waals surface area contributed by atoms with Gasteiger partial charge in [0.05, 0.1) is 11.1 Å². The SMILES string of the molecule is CC(C)(C)C1=CCC(C(C)(C)C)=C1.CC(C)(C)C1=CCC(C(C)(C)C)=C1.Oc1ccccc1C(F)(F)F.Oc1ccccc1C(F)(F)F.[Zr]. The summed E-state index contributed by atoms with van der Waals surface area (Å²) in [6, 6.07) is 8.79. The molecule has 0 fully saturated rings. The summed E-state index contributed by atoms with van der Waals surface area (Å²) in [5.41, 5.74) is 5.43. The van der Waals surface area contributed by atoms with E-state index >= 15 is 0 Å². The number of hydrogen-bond donors (Lipinski definition) is 2. The molecule has 9 heteroatoms. The number of phenolic OH excluding ortho intramolecular Hbond substituents is 2. The fourth-order valence-electron chi connectivity index (χ4n) is 4.57. The fraction of sp³-hybridized carbons (Fsp3) is 0.500. The van der Waals surface area contributed by atoms with Crippen LogP contribution in [0.25, 0.3) is 0 Å². The van der Waals surface area contributed by atoms with Crippen molar-refractivity contribution >= 4 is 0 Å². The molecule has 49 heavy (non-hydrogen) atoms. The van der Waals surface area contributed by atoms with Gasteiger partial charge in [-0.05, 0) is 69.9 Å². The van der Waals surface area contributed by atoms with Crippen molar-refractivity contribution in [3.63, 3.8) is 0 Å². The first kappa shape index (κ1) is 46.5. The van der Waals surface area contributed by atoms with Crippen LogP contribution < -0.4 is 0 Å². The number of allylic oxidation sites excluding steroid dienone is 8. The van der Waals surface area contributed by atoms with E-state index in [1.807, 2.05) is 0 Å². The summed E-state index contributed by atoms with van der Waals surface area (Å²) >= 11 is 0. The zero-order valence-corrected chi connectivity index (χ0v) is 33.5. The minimum Gasteiger partial charge on any atom is -0.507 e. The average molecular weight is 772 g/mol. The van der Waals surface area contributed by atoms with Crippen LogP contribution in [0.1, 0.15) is 107 Å². The van der Waals surface area contributed by atoms with Gasteiger partial charge in [-0.2, -0.15) is 26.3 Å². The Hall–Kier alpha value is -2.54. The first-order chi connectivity index (χ1) is 21.5. The van der Waals surface area contributed by atoms with Gasteiger partial charge in [0.25, 0.3) is 0 Å². The monoisotopic (exact) mass is 770 g/mol. The van der Waals surface area contributed by atoms with Gasteiger partial charge in [-0.3, -0.25) is 0 Å². The zero-order chi connectivity index (χ0) is 37.5. The maximum Gasteiger partial charge on any atom is 0.419 e. The van der Waals surface area contributed by atoms with Crippen molar-refractivity contribution in [2.75, 3.05) is 0 Å². The van der Waals surface area contributed by atoms with Crippen molar-refractivity contribution in [1.29, 1.82) is 0 Å². The molecular weight excluding hydrogens is 718 g/mol. The Morgan fingerprint density at radius 3 is 0.857 bits per heavy atom. The van der Waals surface area contributed by atoms with E-state index in [0.29, 0.717) is 21.7 Å². The summed E-state index contributed by atoms with van der Waals surface area (Å²) < 4.78 is 71.3. The van der Waals surface area contributed by atoms with Crippen LogP contribution >= 0.6 is 0 Å². The molecule has 4 rings (SSSR count). The first-order valence-corrected chi connectivity index (χ1v) is 16.0. The van der Waals surface area contributed by atoms with Crippen LogP contribution in [0, 0.1) is 21.7 Å². The molecule has 0 saturated heterocycles. The molecule has 0 spiro atoms. The second-order valence-corrected chi connectivity index (χ2v) is 16.1. The van der Waals surface area contributed by atoms with E-state index in [4.69, 9.17) is 10.2 Å². The van der Waals surface area contributed by atoms with Crippen LogP contribution in [0.3, 0.4) is 0 Å². The molecule has 2 aromatic rings. The van der Waals surface area contributed by atoms with Gasteiger partial charge < -0.3 is 10.2 Å². The molecule has 2 aromatic carbocycles. The van der Waals surface area contributed by atoms with Crippen molar-refractivity contribution in [3.8, 4) is 11.5 Å². The Morgan fingerprint density at radius 2 is 0.714 bits per heavy atom. The molecule has 272 valence electrons. The third kappa shape index (κ3) is 15.9. The van der Waals surface area contributed by atoms with E-state index in [0.717, 1.165) is 37.1 Å². The maximum atomic E-state index is 11.9. The number of alkyl halides is 6. The molecule has 0 heterocycles. The van der Waals surface area contributed by atoms with E-state index in [1.54, 1.807) is 11.1 Å².